The molecule has 0 spiro atoms. The highest BCUT2D eigenvalue weighted by Gasteiger charge is 2.40. The number of nitrogens with zero attached hydrogens (tertiary/aromatic N) is 2. The summed E-state index contributed by atoms with van der Waals surface area (Å²) in [5.74, 6) is 1.77. The second kappa shape index (κ2) is 4.59. The van der Waals surface area contributed by atoms with Crippen LogP contribution in [-0.2, 0) is 18.3 Å². The van der Waals surface area contributed by atoms with Crippen molar-refractivity contribution in [3.05, 3.63) is 17.2 Å². The molecule has 2 heterocycles. The summed E-state index contributed by atoms with van der Waals surface area (Å²) in [4.78, 5) is 4.29. The fourth-order valence-electron chi connectivity index (χ4n) is 2.53. The first-order valence-electron chi connectivity index (χ1n) is 6.27. The van der Waals surface area contributed by atoms with Gasteiger partial charge in [0.2, 0.25) is 0 Å². The summed E-state index contributed by atoms with van der Waals surface area (Å²) in [7, 11) is 1.94. The first-order valence-corrected chi connectivity index (χ1v) is 6.64. The smallest absolute Gasteiger partial charge is 0.128 e. The lowest BCUT2D eigenvalue weighted by Crippen LogP contribution is -2.37. The highest BCUT2D eigenvalue weighted by molar-refractivity contribution is 6.29. The van der Waals surface area contributed by atoms with Gasteiger partial charge in [0, 0.05) is 19.7 Å². The number of nitrogens with one attached hydrogen (secondary N) is 1. The largest absolute Gasteiger partial charge is 0.376 e. The van der Waals surface area contributed by atoms with Gasteiger partial charge < -0.3 is 14.6 Å². The van der Waals surface area contributed by atoms with Crippen molar-refractivity contribution in [2.24, 2.45) is 13.0 Å². The van der Waals surface area contributed by atoms with Crippen LogP contribution in [0.3, 0.4) is 0 Å². The van der Waals surface area contributed by atoms with Gasteiger partial charge in [0.15, 0.2) is 0 Å². The third kappa shape index (κ3) is 2.34. The van der Waals surface area contributed by atoms with Crippen LogP contribution in [0.15, 0.2) is 6.20 Å². The predicted molar refractivity (Wildman–Crippen MR) is 65.9 cm³/mol. The minimum Gasteiger partial charge on any atom is -0.376 e. The Kier molecular flexibility index (Phi) is 3.11. The molecular formula is C12H18ClN3O. The van der Waals surface area contributed by atoms with Gasteiger partial charge >= 0.3 is 0 Å². The average molecular weight is 256 g/mol. The van der Waals surface area contributed by atoms with Crippen molar-refractivity contribution in [2.75, 3.05) is 6.61 Å². The first-order chi connectivity index (χ1) is 8.25. The fraction of sp³-hybridized carbons (Fsp3) is 0.750. The van der Waals surface area contributed by atoms with Crippen molar-refractivity contribution < 1.29 is 4.74 Å². The minimum absolute atomic E-state index is 0.422. The van der Waals surface area contributed by atoms with E-state index >= 15 is 0 Å². The summed E-state index contributed by atoms with van der Waals surface area (Å²) in [5.41, 5.74) is 0. The van der Waals surface area contributed by atoms with Gasteiger partial charge in [-0.2, -0.15) is 0 Å². The maximum Gasteiger partial charge on any atom is 0.128 e. The molecule has 2 atom stereocenters. The zero-order valence-corrected chi connectivity index (χ0v) is 10.8. The van der Waals surface area contributed by atoms with E-state index in [9.17, 15) is 0 Å². The Morgan fingerprint density at radius 1 is 1.53 bits per heavy atom. The van der Waals surface area contributed by atoms with Gasteiger partial charge in [-0.3, -0.25) is 0 Å². The molecule has 2 fully saturated rings. The minimum atomic E-state index is 0.422. The van der Waals surface area contributed by atoms with E-state index in [-0.39, 0.29) is 0 Å². The fourth-order valence-corrected chi connectivity index (χ4v) is 2.68. The molecule has 1 saturated heterocycles. The summed E-state index contributed by atoms with van der Waals surface area (Å²) in [6.45, 7) is 1.65. The van der Waals surface area contributed by atoms with E-state index in [1.54, 1.807) is 6.20 Å². The average Bonchev–Trinajstić information content (AvgIpc) is 2.99. The van der Waals surface area contributed by atoms with E-state index in [4.69, 9.17) is 16.3 Å². The molecule has 1 saturated carbocycles. The van der Waals surface area contributed by atoms with E-state index in [2.05, 4.69) is 10.3 Å². The number of hydrogen-bond acceptors (Lipinski definition) is 3. The summed E-state index contributed by atoms with van der Waals surface area (Å²) < 4.78 is 7.71. The Morgan fingerprint density at radius 2 is 2.35 bits per heavy atom. The van der Waals surface area contributed by atoms with Gasteiger partial charge in [-0.25, -0.2) is 4.98 Å². The monoisotopic (exact) mass is 255 g/mol. The van der Waals surface area contributed by atoms with Crippen LogP contribution >= 0.6 is 11.6 Å². The Labute approximate surface area is 106 Å². The van der Waals surface area contributed by atoms with E-state index in [1.807, 2.05) is 11.6 Å². The van der Waals surface area contributed by atoms with Crippen LogP contribution in [-0.4, -0.2) is 28.3 Å². The molecule has 17 heavy (non-hydrogen) atoms. The maximum atomic E-state index is 5.96. The molecule has 2 unspecified atom stereocenters. The molecule has 1 aromatic heterocycles. The zero-order chi connectivity index (χ0) is 11.8. The summed E-state index contributed by atoms with van der Waals surface area (Å²) >= 11 is 5.96. The lowest BCUT2D eigenvalue weighted by atomic mass is 10.1. The Hall–Kier alpha value is -0.580. The first kappa shape index (κ1) is 11.5. The quantitative estimate of drug-likeness (QED) is 0.891. The van der Waals surface area contributed by atoms with Crippen molar-refractivity contribution in [3.8, 4) is 0 Å². The standard InChI is InChI=1S/C12H18ClN3O/c1-16-10(13)6-15-11(16)7-14-9-4-5-17-12(9)8-2-3-8/h6,8-9,12,14H,2-5,7H2,1H3. The number of rotatable bonds is 4. The molecule has 0 aromatic carbocycles. The number of ether oxygens (including phenoxy) is 1. The number of hydrogen-bond donors (Lipinski definition) is 1. The number of imidazole rings is 1. The molecule has 0 amide bonds. The van der Waals surface area contributed by atoms with Crippen molar-refractivity contribution in [3.63, 3.8) is 0 Å². The Bertz CT molecular complexity index is 402. The van der Waals surface area contributed by atoms with Crippen LogP contribution in [0.25, 0.3) is 0 Å². The predicted octanol–water partition coefficient (Wildman–Crippen LogP) is 1.73. The van der Waals surface area contributed by atoms with Crippen LogP contribution in [0.2, 0.25) is 5.15 Å². The molecule has 0 radical (unpaired) electrons. The van der Waals surface area contributed by atoms with Gasteiger partial charge in [0.05, 0.1) is 18.8 Å². The molecular weight excluding hydrogens is 238 g/mol. The zero-order valence-electron chi connectivity index (χ0n) is 10.0. The summed E-state index contributed by atoms with van der Waals surface area (Å²) in [5, 5.41) is 4.24. The van der Waals surface area contributed by atoms with Crippen LogP contribution in [0.1, 0.15) is 25.1 Å². The van der Waals surface area contributed by atoms with E-state index in [0.29, 0.717) is 17.3 Å². The molecule has 0 bridgehead atoms. The molecule has 1 aromatic rings. The van der Waals surface area contributed by atoms with Crippen LogP contribution in [0, 0.1) is 5.92 Å². The van der Waals surface area contributed by atoms with Gasteiger partial charge in [-0.1, -0.05) is 11.6 Å². The van der Waals surface area contributed by atoms with Crippen LogP contribution in [0.4, 0.5) is 0 Å². The number of aromatic nitrogens is 2. The molecule has 5 heteroatoms. The SMILES string of the molecule is Cn1c(Cl)cnc1CNC1CCOC1C1CC1. The van der Waals surface area contributed by atoms with Crippen LogP contribution in [0.5, 0.6) is 0 Å². The third-order valence-electron chi connectivity index (χ3n) is 3.77. The summed E-state index contributed by atoms with van der Waals surface area (Å²) in [6.07, 6.45) is 5.89. The molecule has 1 N–H and O–H groups in total. The highest BCUT2D eigenvalue weighted by atomic mass is 35.5. The Morgan fingerprint density at radius 3 is 3.00 bits per heavy atom. The van der Waals surface area contributed by atoms with Gasteiger partial charge in [-0.05, 0) is 25.2 Å². The normalized spacial score (nSPS) is 28.8. The van der Waals surface area contributed by atoms with Gasteiger partial charge in [0.25, 0.3) is 0 Å². The molecule has 4 nitrogen and oxygen atoms in total. The Balaban J connectivity index is 1.58. The molecule has 94 valence electrons. The van der Waals surface area contributed by atoms with Crippen LogP contribution < -0.4 is 5.32 Å². The topological polar surface area (TPSA) is 39.1 Å². The maximum absolute atomic E-state index is 5.96. The molecule has 2 aliphatic rings. The van der Waals surface area contributed by atoms with Crippen molar-refractivity contribution >= 4 is 11.6 Å². The van der Waals surface area contributed by atoms with Gasteiger partial charge in [0.1, 0.15) is 11.0 Å². The second-order valence-electron chi connectivity index (χ2n) is 5.01. The number of halogens is 1. The molecule has 1 aliphatic heterocycles. The van der Waals surface area contributed by atoms with Crippen molar-refractivity contribution in [1.82, 2.24) is 14.9 Å². The lowest BCUT2D eigenvalue weighted by molar-refractivity contribution is 0.0807. The van der Waals surface area contributed by atoms with E-state index in [0.717, 1.165) is 31.3 Å². The second-order valence-corrected chi connectivity index (χ2v) is 5.39. The molecule has 3 rings (SSSR count). The van der Waals surface area contributed by atoms with Crippen molar-refractivity contribution in [2.45, 2.75) is 38.0 Å². The summed E-state index contributed by atoms with van der Waals surface area (Å²) in [6, 6.07) is 0.484. The third-order valence-corrected chi connectivity index (χ3v) is 4.12. The van der Waals surface area contributed by atoms with E-state index in [1.165, 1.54) is 12.8 Å². The molecule has 1 aliphatic carbocycles. The highest BCUT2D eigenvalue weighted by Crippen LogP contribution is 2.38. The lowest BCUT2D eigenvalue weighted by Gasteiger charge is -2.19. The van der Waals surface area contributed by atoms with Crippen molar-refractivity contribution in [1.29, 1.82) is 0 Å². The van der Waals surface area contributed by atoms with E-state index < -0.39 is 0 Å². The van der Waals surface area contributed by atoms with Gasteiger partial charge in [-0.15, -0.1) is 0 Å².